The predicted molar refractivity (Wildman–Crippen MR) is 143 cm³/mol. The molecule has 0 aromatic heterocycles. The number of piperidine rings is 2. The molecule has 0 bridgehead atoms. The average molecular weight is 511 g/mol. The van der Waals surface area contributed by atoms with Crippen LogP contribution < -0.4 is 10.6 Å². The Morgan fingerprint density at radius 2 is 1.32 bits per heavy atom. The number of carbonyl (C=O) groups is 3. The van der Waals surface area contributed by atoms with E-state index >= 15 is 0 Å². The fourth-order valence-corrected chi connectivity index (χ4v) is 4.60. The van der Waals surface area contributed by atoms with Crippen molar-refractivity contribution in [2.75, 3.05) is 57.6 Å². The Morgan fingerprint density at radius 3 is 1.92 bits per heavy atom. The van der Waals surface area contributed by atoms with Crippen molar-refractivity contribution in [1.82, 2.24) is 9.80 Å². The van der Waals surface area contributed by atoms with Crippen LogP contribution in [-0.2, 0) is 14.3 Å². The number of nitrogens with one attached hydrogen (secondary N) is 2. The number of likely N-dealkylation sites (tertiary alicyclic amines) is 2. The zero-order valence-corrected chi connectivity index (χ0v) is 21.7. The molecule has 2 aromatic carbocycles. The van der Waals surface area contributed by atoms with E-state index in [1.54, 1.807) is 9.80 Å². The first kappa shape index (κ1) is 27.8. The van der Waals surface area contributed by atoms with E-state index in [2.05, 4.69) is 22.8 Å². The molecule has 2 atom stereocenters. The second kappa shape index (κ2) is 14.7. The van der Waals surface area contributed by atoms with Gasteiger partial charge >= 0.3 is 12.2 Å². The number of rotatable bonds is 5. The maximum atomic E-state index is 12.1. The summed E-state index contributed by atoms with van der Waals surface area (Å²) in [6.07, 6.45) is 3.26. The van der Waals surface area contributed by atoms with Gasteiger partial charge in [0.25, 0.3) is 0 Å². The van der Waals surface area contributed by atoms with Crippen molar-refractivity contribution in [1.29, 1.82) is 0 Å². The molecule has 2 aliphatic heterocycles. The van der Waals surface area contributed by atoms with Crippen molar-refractivity contribution >= 4 is 29.5 Å². The lowest BCUT2D eigenvalue weighted by atomic mass is 9.97. The van der Waals surface area contributed by atoms with Crippen LogP contribution in [-0.4, -0.2) is 74.8 Å². The van der Waals surface area contributed by atoms with Crippen molar-refractivity contribution in [3.05, 3.63) is 60.7 Å². The molecule has 0 saturated carbocycles. The van der Waals surface area contributed by atoms with Gasteiger partial charge in [-0.2, -0.15) is 0 Å². The molecule has 4 rings (SSSR count). The lowest BCUT2D eigenvalue weighted by Gasteiger charge is -2.31. The third kappa shape index (κ3) is 9.00. The van der Waals surface area contributed by atoms with Gasteiger partial charge in [-0.15, -0.1) is 0 Å². The summed E-state index contributed by atoms with van der Waals surface area (Å²) in [7, 11) is 2.80. The summed E-state index contributed by atoms with van der Waals surface area (Å²) >= 11 is 0. The predicted octanol–water partition coefficient (Wildman–Crippen LogP) is 4.68. The van der Waals surface area contributed by atoms with Gasteiger partial charge in [-0.05, 0) is 55.9 Å². The van der Waals surface area contributed by atoms with Gasteiger partial charge in [0.15, 0.2) is 0 Å². The third-order valence-corrected chi connectivity index (χ3v) is 6.59. The summed E-state index contributed by atoms with van der Waals surface area (Å²) < 4.78 is 9.46. The Bertz CT molecular complexity index is 989. The molecule has 2 aromatic rings. The molecule has 0 unspecified atom stereocenters. The molecular weight excluding hydrogens is 472 g/mol. The fourth-order valence-electron chi connectivity index (χ4n) is 4.60. The number of para-hydroxylation sites is 2. The Balaban J connectivity index is 0.000000206. The number of ether oxygens (including phenoxy) is 2. The lowest BCUT2D eigenvalue weighted by Crippen LogP contribution is -2.43. The minimum Gasteiger partial charge on any atom is -0.453 e. The van der Waals surface area contributed by atoms with E-state index in [0.29, 0.717) is 19.0 Å². The first-order valence-electron chi connectivity index (χ1n) is 12.8. The molecule has 2 fully saturated rings. The Labute approximate surface area is 219 Å². The van der Waals surface area contributed by atoms with Gasteiger partial charge < -0.3 is 29.9 Å². The van der Waals surface area contributed by atoms with Crippen LogP contribution in [0.1, 0.15) is 25.7 Å². The van der Waals surface area contributed by atoms with Crippen LogP contribution in [0.3, 0.4) is 0 Å². The Morgan fingerprint density at radius 1 is 0.784 bits per heavy atom. The van der Waals surface area contributed by atoms with Crippen molar-refractivity contribution in [2.24, 2.45) is 11.8 Å². The van der Waals surface area contributed by atoms with Crippen LogP contribution in [0.15, 0.2) is 60.7 Å². The zero-order valence-electron chi connectivity index (χ0n) is 21.7. The molecular formula is C28H38N4O5. The summed E-state index contributed by atoms with van der Waals surface area (Å²) in [6.45, 7) is 3.58. The highest BCUT2D eigenvalue weighted by Crippen LogP contribution is 2.20. The molecule has 9 nitrogen and oxygen atoms in total. The highest BCUT2D eigenvalue weighted by molar-refractivity contribution is 5.93. The quantitative estimate of drug-likeness (QED) is 0.606. The van der Waals surface area contributed by atoms with Crippen LogP contribution in [0.5, 0.6) is 0 Å². The van der Waals surface area contributed by atoms with Crippen LogP contribution >= 0.6 is 0 Å². The van der Waals surface area contributed by atoms with Gasteiger partial charge in [-0.25, -0.2) is 9.59 Å². The summed E-state index contributed by atoms with van der Waals surface area (Å²) in [5.74, 6) is 0.283. The highest BCUT2D eigenvalue weighted by atomic mass is 16.5. The first-order valence-corrected chi connectivity index (χ1v) is 12.8. The van der Waals surface area contributed by atoms with Crippen LogP contribution in [0, 0.1) is 11.8 Å². The highest BCUT2D eigenvalue weighted by Gasteiger charge is 2.29. The van der Waals surface area contributed by atoms with E-state index in [0.717, 1.165) is 56.7 Å². The number of methoxy groups -OCH3 is 2. The second-order valence-corrected chi connectivity index (χ2v) is 9.28. The SMILES string of the molecule is COC(=O)N1CCC[C@@H](C(=O)Nc2ccccc2)C1.COC(=O)N1CCC[C@@H](CNc2ccccc2)C1. The summed E-state index contributed by atoms with van der Waals surface area (Å²) in [4.78, 5) is 38.4. The molecule has 2 heterocycles. The number of hydrogen-bond donors (Lipinski definition) is 2. The maximum absolute atomic E-state index is 12.1. The van der Waals surface area contributed by atoms with Crippen molar-refractivity contribution in [2.45, 2.75) is 25.7 Å². The third-order valence-electron chi connectivity index (χ3n) is 6.59. The summed E-state index contributed by atoms with van der Waals surface area (Å²) in [6, 6.07) is 19.5. The molecule has 37 heavy (non-hydrogen) atoms. The maximum Gasteiger partial charge on any atom is 0.409 e. The largest absolute Gasteiger partial charge is 0.453 e. The van der Waals surface area contributed by atoms with E-state index < -0.39 is 0 Å². The number of nitrogens with zero attached hydrogens (tertiary/aromatic N) is 2. The van der Waals surface area contributed by atoms with E-state index in [-0.39, 0.29) is 24.0 Å². The van der Waals surface area contributed by atoms with Gasteiger partial charge in [0.2, 0.25) is 5.91 Å². The summed E-state index contributed by atoms with van der Waals surface area (Å²) in [5, 5.41) is 6.28. The number of anilines is 2. The van der Waals surface area contributed by atoms with Gasteiger partial charge in [-0.1, -0.05) is 36.4 Å². The normalized spacial score (nSPS) is 19.1. The second-order valence-electron chi connectivity index (χ2n) is 9.28. The van der Waals surface area contributed by atoms with Gasteiger partial charge in [0.05, 0.1) is 20.1 Å². The molecule has 200 valence electrons. The first-order chi connectivity index (χ1) is 18.0. The van der Waals surface area contributed by atoms with E-state index in [9.17, 15) is 14.4 Å². The van der Waals surface area contributed by atoms with Gasteiger partial charge in [-0.3, -0.25) is 4.79 Å². The minimum absolute atomic E-state index is 0.0418. The van der Waals surface area contributed by atoms with E-state index in [1.165, 1.54) is 14.2 Å². The average Bonchev–Trinajstić information content (AvgIpc) is 2.97. The van der Waals surface area contributed by atoms with Crippen molar-refractivity contribution in [3.63, 3.8) is 0 Å². The van der Waals surface area contributed by atoms with Crippen LogP contribution in [0.25, 0.3) is 0 Å². The fraction of sp³-hybridized carbons (Fsp3) is 0.464. The molecule has 0 radical (unpaired) electrons. The van der Waals surface area contributed by atoms with E-state index in [4.69, 9.17) is 9.47 Å². The molecule has 0 aliphatic carbocycles. The standard InChI is InChI=1S/C14H18N2O3.C14H20N2O2/c1-19-14(18)16-9-5-6-11(10-16)13(17)15-12-7-3-2-4-8-12;1-18-14(17)16-9-5-6-12(11-16)10-15-13-7-3-2-4-8-13/h2-4,7-8,11H,5-6,9-10H2,1H3,(H,15,17);2-4,7-8,12,15H,5-6,9-11H2,1H3/t11-;12-/m10/s1. The smallest absolute Gasteiger partial charge is 0.409 e. The molecule has 2 aliphatic rings. The molecule has 2 saturated heterocycles. The van der Waals surface area contributed by atoms with Crippen LogP contribution in [0.2, 0.25) is 0 Å². The van der Waals surface area contributed by atoms with E-state index in [1.807, 2.05) is 48.5 Å². The molecule has 3 amide bonds. The van der Waals surface area contributed by atoms with Gasteiger partial charge in [0.1, 0.15) is 0 Å². The zero-order chi connectivity index (χ0) is 26.5. The number of benzene rings is 2. The van der Waals surface area contributed by atoms with Crippen LogP contribution in [0.4, 0.5) is 21.0 Å². The molecule has 9 heteroatoms. The Kier molecular flexibility index (Phi) is 11.1. The number of carbonyl (C=O) groups excluding carboxylic acids is 3. The lowest BCUT2D eigenvalue weighted by molar-refractivity contribution is -0.121. The Hall–Kier alpha value is -3.75. The monoisotopic (exact) mass is 510 g/mol. The number of amides is 3. The molecule has 2 N–H and O–H groups in total. The van der Waals surface area contributed by atoms with Crippen molar-refractivity contribution < 1.29 is 23.9 Å². The summed E-state index contributed by atoms with van der Waals surface area (Å²) in [5.41, 5.74) is 1.91. The van der Waals surface area contributed by atoms with Crippen molar-refractivity contribution in [3.8, 4) is 0 Å². The minimum atomic E-state index is -0.364. The van der Waals surface area contributed by atoms with Gasteiger partial charge in [0, 0.05) is 44.1 Å². The topological polar surface area (TPSA) is 100 Å². The molecule has 0 spiro atoms. The number of hydrogen-bond acceptors (Lipinski definition) is 6.